The van der Waals surface area contributed by atoms with E-state index in [2.05, 4.69) is 20.5 Å². The summed E-state index contributed by atoms with van der Waals surface area (Å²) < 4.78 is 44.0. The maximum atomic E-state index is 13.0. The Kier molecular flexibility index (Phi) is 12.3. The van der Waals surface area contributed by atoms with Crippen molar-refractivity contribution in [3.05, 3.63) is 35.4 Å². The van der Waals surface area contributed by atoms with Crippen molar-refractivity contribution in [2.24, 2.45) is 4.99 Å². The molecule has 1 fully saturated rings. The number of aliphatic imine (C=N–C) groups is 1. The molecule has 1 aliphatic heterocycles. The van der Waals surface area contributed by atoms with Gasteiger partial charge < -0.3 is 25.2 Å². The van der Waals surface area contributed by atoms with E-state index in [-0.39, 0.29) is 49.0 Å². The number of nitrogens with zero attached hydrogens (tertiary/aromatic N) is 3. The van der Waals surface area contributed by atoms with Gasteiger partial charge in [-0.3, -0.25) is 4.79 Å². The molecule has 1 heterocycles. The smallest absolute Gasteiger partial charge is 0.383 e. The summed E-state index contributed by atoms with van der Waals surface area (Å²) in [6, 6.07) is 5.29. The number of benzene rings is 1. The number of carbonyl (C=O) groups is 1. The molecule has 0 saturated carbocycles. The van der Waals surface area contributed by atoms with E-state index in [1.54, 1.807) is 27.3 Å². The van der Waals surface area contributed by atoms with Crippen molar-refractivity contribution in [2.45, 2.75) is 31.6 Å². The van der Waals surface area contributed by atoms with Crippen molar-refractivity contribution in [1.29, 1.82) is 0 Å². The molecule has 182 valence electrons. The standard InChI is InChI=1S/C21H32F3N5O2.HI/c1-28(2)19(30)15-26-20(27-18-7-9-29(10-8-18)11-12-31-3)25-14-16-5-4-6-17(13-16)21(22,23)24;/h4-6,13,18H,7-12,14-15H2,1-3H3,(H2,25,26,27);1H. The van der Waals surface area contributed by atoms with Crippen molar-refractivity contribution < 1.29 is 22.7 Å². The monoisotopic (exact) mass is 571 g/mol. The fraction of sp³-hybridized carbons (Fsp3) is 0.619. The van der Waals surface area contributed by atoms with E-state index >= 15 is 0 Å². The van der Waals surface area contributed by atoms with Crippen LogP contribution >= 0.6 is 24.0 Å². The van der Waals surface area contributed by atoms with Gasteiger partial charge in [0.15, 0.2) is 5.96 Å². The molecule has 0 atom stereocenters. The second-order valence-corrected chi connectivity index (χ2v) is 7.76. The highest BCUT2D eigenvalue weighted by Gasteiger charge is 2.30. The molecule has 2 N–H and O–H groups in total. The number of hydrogen-bond acceptors (Lipinski definition) is 4. The summed E-state index contributed by atoms with van der Waals surface area (Å²) in [7, 11) is 5.00. The lowest BCUT2D eigenvalue weighted by Crippen LogP contribution is -2.50. The van der Waals surface area contributed by atoms with Gasteiger partial charge in [-0.05, 0) is 30.5 Å². The Hall–Kier alpha value is -1.60. The normalized spacial score (nSPS) is 15.8. The number of alkyl halides is 3. The molecule has 1 aliphatic rings. The van der Waals surface area contributed by atoms with E-state index in [1.165, 1.54) is 11.0 Å². The predicted octanol–water partition coefficient (Wildman–Crippen LogP) is 2.56. The van der Waals surface area contributed by atoms with Crippen LogP contribution in [0, 0.1) is 0 Å². The highest BCUT2D eigenvalue weighted by Crippen LogP contribution is 2.29. The molecule has 1 aromatic carbocycles. The van der Waals surface area contributed by atoms with Crippen LogP contribution in [0.5, 0.6) is 0 Å². The van der Waals surface area contributed by atoms with Gasteiger partial charge in [-0.15, -0.1) is 24.0 Å². The van der Waals surface area contributed by atoms with Gasteiger partial charge in [0, 0.05) is 46.9 Å². The molecule has 0 aromatic heterocycles. The molecule has 0 bridgehead atoms. The van der Waals surface area contributed by atoms with Gasteiger partial charge >= 0.3 is 6.18 Å². The van der Waals surface area contributed by atoms with Crippen molar-refractivity contribution >= 4 is 35.8 Å². The zero-order chi connectivity index (χ0) is 22.9. The summed E-state index contributed by atoms with van der Waals surface area (Å²) >= 11 is 0. The number of halogens is 4. The average Bonchev–Trinajstić information content (AvgIpc) is 2.74. The van der Waals surface area contributed by atoms with Gasteiger partial charge in [-0.2, -0.15) is 13.2 Å². The van der Waals surface area contributed by atoms with Crippen molar-refractivity contribution in [3.8, 4) is 0 Å². The molecule has 0 spiro atoms. The first-order chi connectivity index (χ1) is 14.7. The third-order valence-corrected chi connectivity index (χ3v) is 5.12. The number of likely N-dealkylation sites (N-methyl/N-ethyl adjacent to an activating group) is 1. The Bertz CT molecular complexity index is 738. The Morgan fingerprint density at radius 1 is 1.28 bits per heavy atom. The molecule has 0 radical (unpaired) electrons. The summed E-state index contributed by atoms with van der Waals surface area (Å²) in [5.74, 6) is 0.297. The number of rotatable bonds is 8. The van der Waals surface area contributed by atoms with E-state index in [0.29, 0.717) is 18.1 Å². The maximum absolute atomic E-state index is 13.0. The summed E-state index contributed by atoms with van der Waals surface area (Å²) in [6.45, 7) is 3.53. The zero-order valence-corrected chi connectivity index (χ0v) is 21.1. The number of carbonyl (C=O) groups excluding carboxylic acids is 1. The van der Waals surface area contributed by atoms with Crippen LogP contribution in [0.25, 0.3) is 0 Å². The first kappa shape index (κ1) is 28.4. The van der Waals surface area contributed by atoms with E-state index in [9.17, 15) is 18.0 Å². The zero-order valence-electron chi connectivity index (χ0n) is 18.7. The third-order valence-electron chi connectivity index (χ3n) is 5.12. The third kappa shape index (κ3) is 9.90. The number of ether oxygens (including phenoxy) is 1. The molecule has 0 unspecified atom stereocenters. The molecule has 11 heteroatoms. The number of piperidine rings is 1. The second-order valence-electron chi connectivity index (χ2n) is 7.76. The number of amides is 1. The molecule has 0 aliphatic carbocycles. The van der Waals surface area contributed by atoms with Crippen molar-refractivity contribution in [1.82, 2.24) is 20.4 Å². The number of guanidine groups is 1. The first-order valence-corrected chi connectivity index (χ1v) is 10.3. The highest BCUT2D eigenvalue weighted by atomic mass is 127. The summed E-state index contributed by atoms with van der Waals surface area (Å²) in [4.78, 5) is 20.2. The number of hydrogen-bond donors (Lipinski definition) is 2. The van der Waals surface area contributed by atoms with Gasteiger partial charge in [0.1, 0.15) is 0 Å². The van der Waals surface area contributed by atoms with E-state index in [0.717, 1.165) is 44.6 Å². The van der Waals surface area contributed by atoms with Crippen LogP contribution in [-0.2, 0) is 22.3 Å². The molecular formula is C21H33F3IN5O2. The van der Waals surface area contributed by atoms with Gasteiger partial charge in [0.2, 0.25) is 5.91 Å². The van der Waals surface area contributed by atoms with Crippen LogP contribution in [0.2, 0.25) is 0 Å². The van der Waals surface area contributed by atoms with Crippen molar-refractivity contribution in [3.63, 3.8) is 0 Å². The molecule has 1 amide bonds. The maximum Gasteiger partial charge on any atom is 0.416 e. The Labute approximate surface area is 204 Å². The molecule has 7 nitrogen and oxygen atoms in total. The van der Waals surface area contributed by atoms with Crippen LogP contribution in [-0.4, -0.2) is 81.7 Å². The molecular weight excluding hydrogens is 538 g/mol. The summed E-state index contributed by atoms with van der Waals surface area (Å²) in [6.07, 6.45) is -2.60. The number of methoxy groups -OCH3 is 1. The second kappa shape index (κ2) is 13.8. The Morgan fingerprint density at radius 2 is 1.97 bits per heavy atom. The van der Waals surface area contributed by atoms with Gasteiger partial charge in [0.05, 0.1) is 25.3 Å². The number of likely N-dealkylation sites (tertiary alicyclic amines) is 1. The SMILES string of the molecule is COCCN1CCC(NC(=NCc2cccc(C(F)(F)F)c2)NCC(=O)N(C)C)CC1.I. The topological polar surface area (TPSA) is 69.2 Å². The Morgan fingerprint density at radius 3 is 2.56 bits per heavy atom. The van der Waals surface area contributed by atoms with Crippen LogP contribution in [0.4, 0.5) is 13.2 Å². The van der Waals surface area contributed by atoms with Gasteiger partial charge in [0.25, 0.3) is 0 Å². The highest BCUT2D eigenvalue weighted by molar-refractivity contribution is 14.0. The van der Waals surface area contributed by atoms with Crippen LogP contribution in [0.3, 0.4) is 0 Å². The fourth-order valence-electron chi connectivity index (χ4n) is 3.20. The van der Waals surface area contributed by atoms with Gasteiger partial charge in [-0.25, -0.2) is 4.99 Å². The number of nitrogens with one attached hydrogen (secondary N) is 2. The molecule has 32 heavy (non-hydrogen) atoms. The van der Waals surface area contributed by atoms with Crippen LogP contribution in [0.1, 0.15) is 24.0 Å². The minimum Gasteiger partial charge on any atom is -0.383 e. The summed E-state index contributed by atoms with van der Waals surface area (Å²) in [5.41, 5.74) is -0.252. The van der Waals surface area contributed by atoms with Crippen molar-refractivity contribution in [2.75, 3.05) is 54.0 Å². The fourth-order valence-corrected chi connectivity index (χ4v) is 3.20. The molecule has 2 rings (SSSR count). The summed E-state index contributed by atoms with van der Waals surface area (Å²) in [5, 5.41) is 6.33. The minimum absolute atomic E-state index is 0. The van der Waals surface area contributed by atoms with E-state index in [1.807, 2.05) is 0 Å². The lowest BCUT2D eigenvalue weighted by atomic mass is 10.1. The first-order valence-electron chi connectivity index (χ1n) is 10.3. The van der Waals surface area contributed by atoms with Crippen LogP contribution in [0.15, 0.2) is 29.3 Å². The predicted molar refractivity (Wildman–Crippen MR) is 129 cm³/mol. The van der Waals surface area contributed by atoms with E-state index in [4.69, 9.17) is 4.74 Å². The minimum atomic E-state index is -4.39. The molecule has 1 saturated heterocycles. The Balaban J connectivity index is 0.00000512. The lowest BCUT2D eigenvalue weighted by Gasteiger charge is -2.33. The van der Waals surface area contributed by atoms with Crippen LogP contribution < -0.4 is 10.6 Å². The van der Waals surface area contributed by atoms with Gasteiger partial charge in [-0.1, -0.05) is 12.1 Å². The lowest BCUT2D eigenvalue weighted by molar-refractivity contribution is -0.137. The molecule has 1 aromatic rings. The largest absolute Gasteiger partial charge is 0.416 e. The average molecular weight is 571 g/mol. The van der Waals surface area contributed by atoms with E-state index < -0.39 is 11.7 Å². The quantitative estimate of drug-likeness (QED) is 0.286.